The molecule has 4 heterocycles. The molecule has 0 amide bonds. The van der Waals surface area contributed by atoms with Crippen LogP contribution in [0.2, 0.25) is 0 Å². The van der Waals surface area contributed by atoms with Crippen molar-refractivity contribution in [1.82, 2.24) is 24.4 Å². The van der Waals surface area contributed by atoms with Crippen LogP contribution >= 0.6 is 0 Å². The summed E-state index contributed by atoms with van der Waals surface area (Å²) >= 11 is 0. The minimum absolute atomic E-state index is 0.180. The Bertz CT molecular complexity index is 1180. The van der Waals surface area contributed by atoms with Gasteiger partial charge in [0, 0.05) is 44.3 Å². The number of piperidine rings is 1. The Morgan fingerprint density at radius 2 is 1.62 bits per heavy atom. The van der Waals surface area contributed by atoms with E-state index in [1.54, 1.807) is 6.33 Å². The fourth-order valence-electron chi connectivity index (χ4n) is 4.57. The molecule has 1 saturated heterocycles. The molecule has 0 N–H and O–H groups in total. The van der Waals surface area contributed by atoms with Crippen LogP contribution in [0.5, 0.6) is 5.88 Å². The molecule has 1 fully saturated rings. The quantitative estimate of drug-likeness (QED) is 0.452. The van der Waals surface area contributed by atoms with Crippen molar-refractivity contribution in [2.75, 3.05) is 13.1 Å². The fourth-order valence-corrected chi connectivity index (χ4v) is 4.57. The van der Waals surface area contributed by atoms with Crippen LogP contribution in [0.4, 0.5) is 0 Å². The van der Waals surface area contributed by atoms with E-state index < -0.39 is 0 Å². The number of fused-ring (bicyclic) bond motifs is 1. The Balaban J connectivity index is 1.31. The van der Waals surface area contributed by atoms with Crippen molar-refractivity contribution in [1.29, 1.82) is 0 Å². The second kappa shape index (κ2) is 9.09. The summed E-state index contributed by atoms with van der Waals surface area (Å²) in [4.78, 5) is 15.8. The number of pyridine rings is 1. The zero-order chi connectivity index (χ0) is 21.9. The normalized spacial score (nSPS) is 15.3. The van der Waals surface area contributed by atoms with Gasteiger partial charge in [0.25, 0.3) is 0 Å². The first-order chi connectivity index (χ1) is 15.7. The molecular weight excluding hydrogens is 398 g/mol. The lowest BCUT2D eigenvalue weighted by atomic mass is 10.1. The molecule has 0 spiro atoms. The number of hydrogen-bond donors (Lipinski definition) is 0. The van der Waals surface area contributed by atoms with E-state index in [4.69, 9.17) is 4.74 Å². The maximum absolute atomic E-state index is 6.47. The SMILES string of the molecule is Cc1c(C)n(Cc2ccccc2)c2ncnc(OC3CCN(Cc4ccncc4)CC3)c12. The van der Waals surface area contributed by atoms with Gasteiger partial charge < -0.3 is 9.30 Å². The molecule has 0 bridgehead atoms. The summed E-state index contributed by atoms with van der Waals surface area (Å²) in [5.41, 5.74) is 5.92. The van der Waals surface area contributed by atoms with Crippen molar-refractivity contribution in [3.05, 3.63) is 83.6 Å². The van der Waals surface area contributed by atoms with Gasteiger partial charge in [-0.25, -0.2) is 9.97 Å². The Morgan fingerprint density at radius 1 is 0.906 bits per heavy atom. The standard InChI is InChI=1S/C26H29N5O/c1-19-20(2)31(17-21-6-4-3-5-7-21)25-24(19)26(29-18-28-25)32-23-10-14-30(15-11-23)16-22-8-12-27-13-9-22/h3-9,12-13,18,23H,10-11,14-17H2,1-2H3. The second-order valence-electron chi connectivity index (χ2n) is 8.61. The average Bonchev–Trinajstić information content (AvgIpc) is 3.07. The molecule has 6 nitrogen and oxygen atoms in total. The van der Waals surface area contributed by atoms with Crippen LogP contribution in [0.25, 0.3) is 11.0 Å². The highest BCUT2D eigenvalue weighted by molar-refractivity contribution is 5.86. The van der Waals surface area contributed by atoms with Crippen LogP contribution < -0.4 is 4.74 Å². The highest BCUT2D eigenvalue weighted by atomic mass is 16.5. The van der Waals surface area contributed by atoms with Gasteiger partial charge in [0.2, 0.25) is 5.88 Å². The largest absolute Gasteiger partial charge is 0.474 e. The van der Waals surface area contributed by atoms with Crippen LogP contribution in [0.3, 0.4) is 0 Å². The molecule has 0 unspecified atom stereocenters. The molecule has 3 aromatic heterocycles. The van der Waals surface area contributed by atoms with Gasteiger partial charge in [0.15, 0.2) is 0 Å². The lowest BCUT2D eigenvalue weighted by Crippen LogP contribution is -2.37. The van der Waals surface area contributed by atoms with Crippen LogP contribution in [0.15, 0.2) is 61.2 Å². The van der Waals surface area contributed by atoms with Crippen molar-refractivity contribution in [3.63, 3.8) is 0 Å². The van der Waals surface area contributed by atoms with Gasteiger partial charge in [0.05, 0.1) is 5.39 Å². The van der Waals surface area contributed by atoms with Crippen LogP contribution in [0.1, 0.15) is 35.2 Å². The van der Waals surface area contributed by atoms with Crippen molar-refractivity contribution < 1.29 is 4.74 Å². The third-order valence-electron chi connectivity index (χ3n) is 6.52. The maximum atomic E-state index is 6.47. The number of likely N-dealkylation sites (tertiary alicyclic amines) is 1. The molecule has 1 aliphatic rings. The molecule has 4 aromatic rings. The van der Waals surface area contributed by atoms with E-state index >= 15 is 0 Å². The summed E-state index contributed by atoms with van der Waals surface area (Å²) in [7, 11) is 0. The van der Waals surface area contributed by atoms with Crippen LogP contribution in [-0.4, -0.2) is 43.6 Å². The summed E-state index contributed by atoms with van der Waals surface area (Å²) in [6.07, 6.45) is 7.54. The van der Waals surface area contributed by atoms with E-state index in [2.05, 4.69) is 74.7 Å². The summed E-state index contributed by atoms with van der Waals surface area (Å²) < 4.78 is 8.74. The molecular formula is C26H29N5O. The second-order valence-corrected chi connectivity index (χ2v) is 8.61. The zero-order valence-corrected chi connectivity index (χ0v) is 18.7. The number of nitrogens with zero attached hydrogens (tertiary/aromatic N) is 5. The monoisotopic (exact) mass is 427 g/mol. The van der Waals surface area contributed by atoms with Gasteiger partial charge >= 0.3 is 0 Å². The van der Waals surface area contributed by atoms with E-state index in [0.29, 0.717) is 0 Å². The fraction of sp³-hybridized carbons (Fsp3) is 0.346. The Kier molecular flexibility index (Phi) is 5.86. The number of aromatic nitrogens is 4. The molecule has 5 rings (SSSR count). The molecule has 164 valence electrons. The molecule has 1 aromatic carbocycles. The molecule has 0 atom stereocenters. The summed E-state index contributed by atoms with van der Waals surface area (Å²) in [6.45, 7) is 8.10. The first-order valence-electron chi connectivity index (χ1n) is 11.3. The zero-order valence-electron chi connectivity index (χ0n) is 18.7. The number of ether oxygens (including phenoxy) is 1. The summed E-state index contributed by atoms with van der Waals surface area (Å²) in [5, 5.41) is 1.04. The van der Waals surface area contributed by atoms with Gasteiger partial charge in [-0.1, -0.05) is 30.3 Å². The highest BCUT2D eigenvalue weighted by Crippen LogP contribution is 2.32. The summed E-state index contributed by atoms with van der Waals surface area (Å²) in [6, 6.07) is 14.7. The van der Waals surface area contributed by atoms with E-state index in [0.717, 1.165) is 55.9 Å². The van der Waals surface area contributed by atoms with Gasteiger partial charge in [-0.2, -0.15) is 0 Å². The Hall–Kier alpha value is -3.25. The number of benzene rings is 1. The van der Waals surface area contributed by atoms with Crippen molar-refractivity contribution in [2.24, 2.45) is 0 Å². The minimum Gasteiger partial charge on any atom is -0.474 e. The van der Waals surface area contributed by atoms with Gasteiger partial charge in [-0.3, -0.25) is 9.88 Å². The lowest BCUT2D eigenvalue weighted by Gasteiger charge is -2.32. The topological polar surface area (TPSA) is 56.1 Å². The molecule has 0 aliphatic carbocycles. The minimum atomic E-state index is 0.180. The van der Waals surface area contributed by atoms with Crippen LogP contribution in [0, 0.1) is 13.8 Å². The van der Waals surface area contributed by atoms with Crippen molar-refractivity contribution in [3.8, 4) is 5.88 Å². The molecule has 0 radical (unpaired) electrons. The number of aryl methyl sites for hydroxylation is 1. The number of rotatable bonds is 6. The Labute approximate surface area is 188 Å². The molecule has 1 aliphatic heterocycles. The first kappa shape index (κ1) is 20.6. The predicted octanol–water partition coefficient (Wildman–Crippen LogP) is 4.53. The molecule has 0 saturated carbocycles. The molecule has 32 heavy (non-hydrogen) atoms. The molecule has 6 heteroatoms. The van der Waals surface area contributed by atoms with Gasteiger partial charge in [0.1, 0.15) is 18.1 Å². The first-order valence-corrected chi connectivity index (χ1v) is 11.3. The Morgan fingerprint density at radius 3 is 2.38 bits per heavy atom. The smallest absolute Gasteiger partial charge is 0.226 e. The average molecular weight is 428 g/mol. The van der Waals surface area contributed by atoms with E-state index in [-0.39, 0.29) is 6.10 Å². The van der Waals surface area contributed by atoms with E-state index in [1.165, 1.54) is 22.4 Å². The summed E-state index contributed by atoms with van der Waals surface area (Å²) in [5.74, 6) is 0.718. The van der Waals surface area contributed by atoms with E-state index in [9.17, 15) is 0 Å². The predicted molar refractivity (Wildman–Crippen MR) is 126 cm³/mol. The van der Waals surface area contributed by atoms with Crippen molar-refractivity contribution in [2.45, 2.75) is 45.9 Å². The van der Waals surface area contributed by atoms with Gasteiger partial charge in [-0.05, 0) is 55.5 Å². The lowest BCUT2D eigenvalue weighted by molar-refractivity contribution is 0.0944. The van der Waals surface area contributed by atoms with Crippen molar-refractivity contribution >= 4 is 11.0 Å². The van der Waals surface area contributed by atoms with Gasteiger partial charge in [-0.15, -0.1) is 0 Å². The maximum Gasteiger partial charge on any atom is 0.226 e. The van der Waals surface area contributed by atoms with Crippen LogP contribution in [-0.2, 0) is 13.1 Å². The highest BCUT2D eigenvalue weighted by Gasteiger charge is 2.24. The third-order valence-corrected chi connectivity index (χ3v) is 6.52. The number of hydrogen-bond acceptors (Lipinski definition) is 5. The van der Waals surface area contributed by atoms with E-state index in [1.807, 2.05) is 18.5 Å². The third kappa shape index (κ3) is 4.23.